The number of rotatable bonds is 1. The van der Waals surface area contributed by atoms with E-state index in [9.17, 15) is 9.59 Å². The van der Waals surface area contributed by atoms with Gasteiger partial charge in [-0.1, -0.05) is 0 Å². The van der Waals surface area contributed by atoms with Gasteiger partial charge in [0.15, 0.2) is 0 Å². The largest absolute Gasteiger partial charge is 0.330 e. The van der Waals surface area contributed by atoms with Crippen molar-refractivity contribution in [1.82, 2.24) is 14.5 Å². The van der Waals surface area contributed by atoms with Crippen LogP contribution in [-0.2, 0) is 14.1 Å². The second-order valence-electron chi connectivity index (χ2n) is 4.39. The van der Waals surface area contributed by atoms with Crippen LogP contribution in [0.3, 0.4) is 0 Å². The molecule has 1 N–H and O–H groups in total. The molecular formula is C11H17N3O2. The lowest BCUT2D eigenvalue weighted by Crippen LogP contribution is -2.41. The number of hydrogen-bond acceptors (Lipinski definition) is 3. The third-order valence-corrected chi connectivity index (χ3v) is 3.21. The predicted octanol–water partition coefficient (Wildman–Crippen LogP) is -0.449. The van der Waals surface area contributed by atoms with Crippen LogP contribution in [0.15, 0.2) is 15.8 Å². The molecule has 0 amide bonds. The van der Waals surface area contributed by atoms with Crippen molar-refractivity contribution < 1.29 is 0 Å². The van der Waals surface area contributed by atoms with Crippen molar-refractivity contribution in [2.24, 2.45) is 14.1 Å². The van der Waals surface area contributed by atoms with Crippen LogP contribution in [0.25, 0.3) is 0 Å². The zero-order chi connectivity index (χ0) is 11.7. The van der Waals surface area contributed by atoms with Crippen molar-refractivity contribution in [3.8, 4) is 0 Å². The maximum absolute atomic E-state index is 12.0. The van der Waals surface area contributed by atoms with Crippen LogP contribution in [-0.4, -0.2) is 22.2 Å². The van der Waals surface area contributed by atoms with Crippen LogP contribution in [0, 0.1) is 0 Å². The van der Waals surface area contributed by atoms with Crippen molar-refractivity contribution in [3.05, 3.63) is 32.6 Å². The van der Waals surface area contributed by atoms with E-state index in [1.165, 1.54) is 16.2 Å². The summed E-state index contributed by atoms with van der Waals surface area (Å²) < 4.78 is 2.66. The van der Waals surface area contributed by atoms with Crippen molar-refractivity contribution >= 4 is 0 Å². The van der Waals surface area contributed by atoms with Gasteiger partial charge in [-0.2, -0.15) is 0 Å². The Hall–Kier alpha value is -1.36. The first kappa shape index (κ1) is 11.1. The van der Waals surface area contributed by atoms with Gasteiger partial charge < -0.3 is 9.88 Å². The molecule has 0 spiro atoms. The highest BCUT2D eigenvalue weighted by atomic mass is 16.2. The summed E-state index contributed by atoms with van der Waals surface area (Å²) in [7, 11) is 3.21. The predicted molar refractivity (Wildman–Crippen MR) is 61.8 cm³/mol. The highest BCUT2D eigenvalue weighted by molar-refractivity contribution is 5.13. The molecule has 0 aromatic carbocycles. The first-order valence-corrected chi connectivity index (χ1v) is 5.58. The SMILES string of the molecule is Cn1cc(C2CCCNC2)c(=O)n(C)c1=O. The second-order valence-corrected chi connectivity index (χ2v) is 4.39. The molecule has 1 atom stereocenters. The fraction of sp³-hybridized carbons (Fsp3) is 0.636. The lowest BCUT2D eigenvalue weighted by atomic mass is 9.93. The maximum atomic E-state index is 12.0. The number of aromatic nitrogens is 2. The van der Waals surface area contributed by atoms with E-state index in [1.807, 2.05) is 0 Å². The molecule has 1 aliphatic heterocycles. The zero-order valence-corrected chi connectivity index (χ0v) is 9.69. The molecule has 1 aliphatic rings. The van der Waals surface area contributed by atoms with E-state index < -0.39 is 0 Å². The fourth-order valence-electron chi connectivity index (χ4n) is 2.23. The maximum Gasteiger partial charge on any atom is 0.330 e. The van der Waals surface area contributed by atoms with E-state index in [4.69, 9.17) is 0 Å². The molecule has 5 heteroatoms. The molecule has 0 aliphatic carbocycles. The van der Waals surface area contributed by atoms with Gasteiger partial charge in [0.1, 0.15) is 0 Å². The Morgan fingerprint density at radius 1 is 1.38 bits per heavy atom. The van der Waals surface area contributed by atoms with Gasteiger partial charge in [-0.3, -0.25) is 9.36 Å². The topological polar surface area (TPSA) is 56.0 Å². The monoisotopic (exact) mass is 223 g/mol. The number of piperidine rings is 1. The summed E-state index contributed by atoms with van der Waals surface area (Å²) in [5.41, 5.74) is 0.325. The normalized spacial score (nSPS) is 21.0. The Morgan fingerprint density at radius 2 is 2.12 bits per heavy atom. The lowest BCUT2D eigenvalue weighted by molar-refractivity contribution is 0.452. The smallest absolute Gasteiger partial charge is 0.316 e. The molecule has 16 heavy (non-hydrogen) atoms. The van der Waals surface area contributed by atoms with Gasteiger partial charge in [0, 0.05) is 38.3 Å². The van der Waals surface area contributed by atoms with Crippen LogP contribution in [0.4, 0.5) is 0 Å². The third kappa shape index (κ3) is 1.82. The number of nitrogens with one attached hydrogen (secondary N) is 1. The van der Waals surface area contributed by atoms with E-state index in [2.05, 4.69) is 5.32 Å². The zero-order valence-electron chi connectivity index (χ0n) is 9.69. The standard InChI is InChI=1S/C11H17N3O2/c1-13-7-9(8-4-3-5-12-6-8)10(15)14(2)11(13)16/h7-8,12H,3-6H2,1-2H3. The summed E-state index contributed by atoms with van der Waals surface area (Å²) in [4.78, 5) is 23.5. The average Bonchev–Trinajstić information content (AvgIpc) is 2.32. The first-order valence-electron chi connectivity index (χ1n) is 5.58. The average molecular weight is 223 g/mol. The van der Waals surface area contributed by atoms with Crippen LogP contribution in [0.5, 0.6) is 0 Å². The highest BCUT2D eigenvalue weighted by Gasteiger charge is 2.19. The molecule has 0 radical (unpaired) electrons. The van der Waals surface area contributed by atoms with E-state index in [1.54, 1.807) is 13.2 Å². The van der Waals surface area contributed by atoms with Gasteiger partial charge in [0.05, 0.1) is 0 Å². The molecule has 0 bridgehead atoms. The van der Waals surface area contributed by atoms with Crippen molar-refractivity contribution in [1.29, 1.82) is 0 Å². The molecule has 88 valence electrons. The van der Waals surface area contributed by atoms with Gasteiger partial charge in [-0.05, 0) is 19.4 Å². The minimum atomic E-state index is -0.266. The highest BCUT2D eigenvalue weighted by Crippen LogP contribution is 2.19. The summed E-state index contributed by atoms with van der Waals surface area (Å²) in [5.74, 6) is 0.235. The molecule has 1 saturated heterocycles. The van der Waals surface area contributed by atoms with Crippen LogP contribution >= 0.6 is 0 Å². The van der Waals surface area contributed by atoms with Crippen LogP contribution < -0.4 is 16.6 Å². The molecule has 2 rings (SSSR count). The minimum Gasteiger partial charge on any atom is -0.316 e. The fourth-order valence-corrected chi connectivity index (χ4v) is 2.23. The molecule has 0 saturated carbocycles. The summed E-state index contributed by atoms with van der Waals surface area (Å²) in [6, 6.07) is 0. The lowest BCUT2D eigenvalue weighted by Gasteiger charge is -2.23. The molecule has 1 aromatic heterocycles. The third-order valence-electron chi connectivity index (χ3n) is 3.21. The van der Waals surface area contributed by atoms with Crippen LogP contribution in [0.1, 0.15) is 24.3 Å². The Balaban J connectivity index is 2.48. The Morgan fingerprint density at radius 3 is 2.75 bits per heavy atom. The number of aryl methyl sites for hydroxylation is 1. The summed E-state index contributed by atoms with van der Waals surface area (Å²) in [6.45, 7) is 1.84. The van der Waals surface area contributed by atoms with Crippen molar-refractivity contribution in [2.75, 3.05) is 13.1 Å². The van der Waals surface area contributed by atoms with Crippen LogP contribution in [0.2, 0.25) is 0 Å². The molecular weight excluding hydrogens is 206 g/mol. The molecule has 1 unspecified atom stereocenters. The Kier molecular flexibility index (Phi) is 2.96. The van der Waals surface area contributed by atoms with Gasteiger partial charge >= 0.3 is 5.69 Å². The minimum absolute atomic E-state index is 0.156. The van der Waals surface area contributed by atoms with E-state index >= 15 is 0 Å². The van der Waals surface area contributed by atoms with Gasteiger partial charge in [-0.25, -0.2) is 4.79 Å². The molecule has 1 fully saturated rings. The van der Waals surface area contributed by atoms with E-state index in [-0.39, 0.29) is 17.2 Å². The molecule has 2 heterocycles. The molecule has 5 nitrogen and oxygen atoms in total. The number of nitrogens with zero attached hydrogens (tertiary/aromatic N) is 2. The van der Waals surface area contributed by atoms with Crippen molar-refractivity contribution in [2.45, 2.75) is 18.8 Å². The summed E-state index contributed by atoms with van der Waals surface area (Å²) in [5, 5.41) is 3.28. The second kappa shape index (κ2) is 4.25. The Labute approximate surface area is 93.7 Å². The van der Waals surface area contributed by atoms with E-state index in [0.717, 1.165) is 31.5 Å². The quantitative estimate of drug-likeness (QED) is 0.701. The summed E-state index contributed by atoms with van der Waals surface area (Å²) >= 11 is 0. The summed E-state index contributed by atoms with van der Waals surface area (Å²) in [6.07, 6.45) is 3.78. The van der Waals surface area contributed by atoms with Gasteiger partial charge in [0.2, 0.25) is 0 Å². The van der Waals surface area contributed by atoms with Gasteiger partial charge in [0.25, 0.3) is 5.56 Å². The van der Waals surface area contributed by atoms with Crippen molar-refractivity contribution in [3.63, 3.8) is 0 Å². The first-order chi connectivity index (χ1) is 7.61. The van der Waals surface area contributed by atoms with E-state index in [0.29, 0.717) is 0 Å². The van der Waals surface area contributed by atoms with Gasteiger partial charge in [-0.15, -0.1) is 0 Å². The molecule has 1 aromatic rings. The number of hydrogen-bond donors (Lipinski definition) is 1. The Bertz CT molecular complexity index is 495.